The molecule has 128 valence electrons. The number of piperidine rings is 1. The summed E-state index contributed by atoms with van der Waals surface area (Å²) >= 11 is 1.48. The number of unbranched alkanes of at least 4 members (excludes halogenated alkanes) is 1. The Morgan fingerprint density at radius 1 is 1.13 bits per heavy atom. The molecule has 1 fully saturated rings. The first-order valence-electron chi connectivity index (χ1n) is 8.28. The fourth-order valence-electron chi connectivity index (χ4n) is 2.57. The van der Waals surface area contributed by atoms with Gasteiger partial charge in [-0.3, -0.25) is 4.79 Å². The van der Waals surface area contributed by atoms with Crippen molar-refractivity contribution >= 4 is 27.6 Å². The molecule has 0 radical (unpaired) electrons. The zero-order valence-electron chi connectivity index (χ0n) is 13.7. The van der Waals surface area contributed by atoms with E-state index >= 15 is 0 Å². The molecule has 0 atom stereocenters. The van der Waals surface area contributed by atoms with Gasteiger partial charge in [0.15, 0.2) is 0 Å². The number of carbonyl (C=O) groups excluding carboxylic acids is 1. The van der Waals surface area contributed by atoms with Crippen molar-refractivity contribution in [3.05, 3.63) is 24.3 Å². The van der Waals surface area contributed by atoms with Crippen LogP contribution in [0.15, 0.2) is 34.1 Å². The van der Waals surface area contributed by atoms with E-state index in [1.54, 1.807) is 28.6 Å². The second-order valence-electron chi connectivity index (χ2n) is 5.87. The van der Waals surface area contributed by atoms with Gasteiger partial charge in [0.1, 0.15) is 5.78 Å². The van der Waals surface area contributed by atoms with Crippen molar-refractivity contribution in [1.82, 2.24) is 4.31 Å². The Bertz CT molecular complexity index is 605. The van der Waals surface area contributed by atoms with Crippen LogP contribution in [0.3, 0.4) is 0 Å². The first kappa shape index (κ1) is 18.5. The molecule has 1 saturated heterocycles. The Kier molecular flexibility index (Phi) is 7.11. The Morgan fingerprint density at radius 2 is 1.78 bits per heavy atom. The SMILES string of the molecule is CCCCC(=O)CSc1ccc(S(=O)(=O)N2CCCCC2)cc1. The van der Waals surface area contributed by atoms with Crippen molar-refractivity contribution in [3.8, 4) is 0 Å². The molecule has 0 aromatic heterocycles. The molecule has 0 bridgehead atoms. The van der Waals surface area contributed by atoms with Gasteiger partial charge in [-0.15, -0.1) is 11.8 Å². The molecule has 0 amide bonds. The summed E-state index contributed by atoms with van der Waals surface area (Å²) in [6.45, 7) is 3.30. The van der Waals surface area contributed by atoms with E-state index in [0.717, 1.165) is 37.0 Å². The van der Waals surface area contributed by atoms with E-state index in [1.165, 1.54) is 11.8 Å². The first-order chi connectivity index (χ1) is 11.0. The van der Waals surface area contributed by atoms with Gasteiger partial charge in [0, 0.05) is 24.4 Å². The predicted molar refractivity (Wildman–Crippen MR) is 94.3 cm³/mol. The number of ketones is 1. The second-order valence-corrected chi connectivity index (χ2v) is 8.85. The van der Waals surface area contributed by atoms with E-state index in [4.69, 9.17) is 0 Å². The Hall–Kier alpha value is -0.850. The summed E-state index contributed by atoms with van der Waals surface area (Å²) in [6, 6.07) is 6.91. The molecule has 0 saturated carbocycles. The van der Waals surface area contributed by atoms with Gasteiger partial charge in [0.2, 0.25) is 10.0 Å². The maximum absolute atomic E-state index is 12.5. The van der Waals surface area contributed by atoms with E-state index in [-0.39, 0.29) is 5.78 Å². The fourth-order valence-corrected chi connectivity index (χ4v) is 4.89. The lowest BCUT2D eigenvalue weighted by molar-refractivity contribution is -0.116. The number of carbonyl (C=O) groups is 1. The predicted octanol–water partition coefficient (Wildman–Crippen LogP) is 3.71. The van der Waals surface area contributed by atoms with Crippen molar-refractivity contribution in [2.24, 2.45) is 0 Å². The highest BCUT2D eigenvalue weighted by Crippen LogP contribution is 2.24. The van der Waals surface area contributed by atoms with Crippen LogP contribution in [0.5, 0.6) is 0 Å². The van der Waals surface area contributed by atoms with Crippen molar-refractivity contribution < 1.29 is 13.2 Å². The minimum atomic E-state index is -3.36. The van der Waals surface area contributed by atoms with E-state index in [0.29, 0.717) is 30.2 Å². The van der Waals surface area contributed by atoms with Crippen LogP contribution in [-0.2, 0) is 14.8 Å². The van der Waals surface area contributed by atoms with Crippen molar-refractivity contribution in [3.63, 3.8) is 0 Å². The van der Waals surface area contributed by atoms with Crippen molar-refractivity contribution in [1.29, 1.82) is 0 Å². The van der Waals surface area contributed by atoms with Crippen LogP contribution in [-0.4, -0.2) is 37.3 Å². The topological polar surface area (TPSA) is 54.5 Å². The Balaban J connectivity index is 1.94. The van der Waals surface area contributed by atoms with Crippen LogP contribution in [0, 0.1) is 0 Å². The number of nitrogens with zero attached hydrogens (tertiary/aromatic N) is 1. The minimum Gasteiger partial charge on any atom is -0.299 e. The maximum Gasteiger partial charge on any atom is 0.243 e. The van der Waals surface area contributed by atoms with E-state index in [9.17, 15) is 13.2 Å². The summed E-state index contributed by atoms with van der Waals surface area (Å²) in [5.41, 5.74) is 0. The molecule has 1 aliphatic rings. The number of sulfonamides is 1. The van der Waals surface area contributed by atoms with Gasteiger partial charge in [0.25, 0.3) is 0 Å². The summed E-state index contributed by atoms with van der Waals surface area (Å²) in [5, 5.41) is 0. The second kappa shape index (κ2) is 8.85. The van der Waals surface area contributed by atoms with E-state index in [1.807, 2.05) is 0 Å². The molecule has 0 aliphatic carbocycles. The number of rotatable bonds is 8. The summed E-state index contributed by atoms with van der Waals surface area (Å²) < 4.78 is 26.7. The van der Waals surface area contributed by atoms with Gasteiger partial charge in [-0.2, -0.15) is 4.31 Å². The molecule has 4 nitrogen and oxygen atoms in total. The number of thioether (sulfide) groups is 1. The van der Waals surface area contributed by atoms with Crippen LogP contribution >= 0.6 is 11.8 Å². The van der Waals surface area contributed by atoms with Crippen molar-refractivity contribution in [2.75, 3.05) is 18.8 Å². The molecular weight excluding hydrogens is 330 g/mol. The monoisotopic (exact) mass is 355 g/mol. The lowest BCUT2D eigenvalue weighted by Crippen LogP contribution is -2.35. The molecule has 1 heterocycles. The van der Waals surface area contributed by atoms with Crippen LogP contribution < -0.4 is 0 Å². The molecular formula is C17H25NO3S2. The molecule has 0 spiro atoms. The highest BCUT2D eigenvalue weighted by atomic mass is 32.2. The van der Waals surface area contributed by atoms with E-state index in [2.05, 4.69) is 6.92 Å². The zero-order chi connectivity index (χ0) is 16.7. The lowest BCUT2D eigenvalue weighted by Gasteiger charge is -2.25. The first-order valence-corrected chi connectivity index (χ1v) is 10.7. The standard InChI is InChI=1S/C17H25NO3S2/c1-2-3-7-15(19)14-22-16-8-10-17(11-9-16)23(20,21)18-12-5-4-6-13-18/h8-11H,2-7,12-14H2,1H3. The molecule has 6 heteroatoms. The van der Waals surface area contributed by atoms with Crippen LogP contribution in [0.1, 0.15) is 45.4 Å². The summed E-state index contributed by atoms with van der Waals surface area (Å²) in [5.74, 6) is 0.708. The normalized spacial score (nSPS) is 16.4. The quantitative estimate of drug-likeness (QED) is 0.667. The zero-order valence-corrected chi connectivity index (χ0v) is 15.3. The van der Waals surface area contributed by atoms with Gasteiger partial charge in [0.05, 0.1) is 10.6 Å². The summed E-state index contributed by atoms with van der Waals surface area (Å²) in [6.07, 6.45) is 5.57. The third-order valence-corrected chi connectivity index (χ3v) is 6.97. The maximum atomic E-state index is 12.5. The minimum absolute atomic E-state index is 0.252. The number of Topliss-reactive ketones (excluding diaryl/α,β-unsaturated/α-hetero) is 1. The number of benzene rings is 1. The fraction of sp³-hybridized carbons (Fsp3) is 0.588. The summed E-state index contributed by atoms with van der Waals surface area (Å²) in [7, 11) is -3.36. The number of hydrogen-bond donors (Lipinski definition) is 0. The van der Waals surface area contributed by atoms with E-state index < -0.39 is 10.0 Å². The molecule has 1 aromatic rings. The molecule has 0 unspecified atom stereocenters. The molecule has 2 rings (SSSR count). The highest BCUT2D eigenvalue weighted by molar-refractivity contribution is 8.00. The van der Waals surface area contributed by atoms with Crippen LogP contribution in [0.25, 0.3) is 0 Å². The summed E-state index contributed by atoms with van der Waals surface area (Å²) in [4.78, 5) is 13.0. The molecule has 1 aliphatic heterocycles. The number of hydrogen-bond acceptors (Lipinski definition) is 4. The lowest BCUT2D eigenvalue weighted by atomic mass is 10.2. The largest absolute Gasteiger partial charge is 0.299 e. The van der Waals surface area contributed by atoms with Gasteiger partial charge < -0.3 is 0 Å². The van der Waals surface area contributed by atoms with Gasteiger partial charge in [-0.25, -0.2) is 8.42 Å². The molecule has 1 aromatic carbocycles. The van der Waals surface area contributed by atoms with Crippen LogP contribution in [0.4, 0.5) is 0 Å². The van der Waals surface area contributed by atoms with Gasteiger partial charge >= 0.3 is 0 Å². The molecule has 23 heavy (non-hydrogen) atoms. The smallest absolute Gasteiger partial charge is 0.243 e. The highest BCUT2D eigenvalue weighted by Gasteiger charge is 2.25. The molecule has 0 N–H and O–H groups in total. The Labute approximate surface area is 143 Å². The van der Waals surface area contributed by atoms with Crippen LogP contribution in [0.2, 0.25) is 0 Å². The van der Waals surface area contributed by atoms with Crippen molar-refractivity contribution in [2.45, 2.75) is 55.2 Å². The average Bonchev–Trinajstić information content (AvgIpc) is 2.59. The van der Waals surface area contributed by atoms with Gasteiger partial charge in [-0.05, 0) is 43.5 Å². The third-order valence-electron chi connectivity index (χ3n) is 3.99. The third kappa shape index (κ3) is 5.33. The Morgan fingerprint density at radius 3 is 2.39 bits per heavy atom. The van der Waals surface area contributed by atoms with Gasteiger partial charge in [-0.1, -0.05) is 19.8 Å². The average molecular weight is 356 g/mol.